The van der Waals surface area contributed by atoms with Crippen molar-refractivity contribution in [1.29, 1.82) is 0 Å². The molecule has 0 fully saturated rings. The first-order valence-corrected chi connectivity index (χ1v) is 10.4. The van der Waals surface area contributed by atoms with E-state index < -0.39 is 5.97 Å². The molecule has 0 bridgehead atoms. The van der Waals surface area contributed by atoms with Gasteiger partial charge in [-0.1, -0.05) is 19.1 Å². The Morgan fingerprint density at radius 2 is 1.65 bits per heavy atom. The third-order valence-electron chi connectivity index (χ3n) is 5.35. The largest absolute Gasteiger partial charge is 0.484 e. The van der Waals surface area contributed by atoms with Gasteiger partial charge in [0.1, 0.15) is 18.8 Å². The maximum absolute atomic E-state index is 13.0. The molecule has 7 nitrogen and oxygen atoms in total. The van der Waals surface area contributed by atoms with Crippen LogP contribution in [-0.4, -0.2) is 44.1 Å². The fourth-order valence-electron chi connectivity index (χ4n) is 3.43. The summed E-state index contributed by atoms with van der Waals surface area (Å²) in [7, 11) is 0. The third kappa shape index (κ3) is 5.05. The average Bonchev–Trinajstić information content (AvgIpc) is 2.75. The Labute approximate surface area is 182 Å². The fraction of sp³-hybridized carbons (Fsp3) is 0.375. The number of anilines is 2. The summed E-state index contributed by atoms with van der Waals surface area (Å²) in [5.41, 5.74) is 4.23. The number of amides is 2. The van der Waals surface area contributed by atoms with E-state index in [0.717, 1.165) is 17.5 Å². The molecule has 1 aliphatic rings. The number of hydrogen-bond acceptors (Lipinski definition) is 5. The number of esters is 1. The van der Waals surface area contributed by atoms with E-state index in [1.165, 1.54) is 15.4 Å². The summed E-state index contributed by atoms with van der Waals surface area (Å²) in [6, 6.07) is 11.3. The Kier molecular flexibility index (Phi) is 6.95. The summed E-state index contributed by atoms with van der Waals surface area (Å²) < 4.78 is 10.7. The van der Waals surface area contributed by atoms with Crippen LogP contribution in [0.4, 0.5) is 11.4 Å². The number of aryl methyl sites for hydroxylation is 3. The number of carbonyl (C=O) groups excluding carboxylic acids is 3. The number of rotatable bonds is 7. The van der Waals surface area contributed by atoms with Crippen LogP contribution < -0.4 is 14.5 Å². The van der Waals surface area contributed by atoms with E-state index in [4.69, 9.17) is 9.47 Å². The van der Waals surface area contributed by atoms with Crippen molar-refractivity contribution >= 4 is 29.2 Å². The number of nitrogens with zero attached hydrogens (tertiary/aromatic N) is 2. The van der Waals surface area contributed by atoms with Crippen LogP contribution in [0, 0.1) is 13.8 Å². The third-order valence-corrected chi connectivity index (χ3v) is 5.35. The Morgan fingerprint density at radius 3 is 2.26 bits per heavy atom. The lowest BCUT2D eigenvalue weighted by Gasteiger charge is -2.36. The number of fused-ring (bicyclic) bond motifs is 1. The summed E-state index contributed by atoms with van der Waals surface area (Å²) in [6.07, 6.45) is 0.924. The molecule has 3 rings (SSSR count). The van der Waals surface area contributed by atoms with Crippen molar-refractivity contribution in [3.8, 4) is 5.75 Å². The van der Waals surface area contributed by atoms with Crippen molar-refractivity contribution in [2.45, 2.75) is 34.1 Å². The smallest absolute Gasteiger partial charge is 0.326 e. The molecule has 0 aliphatic carbocycles. The Bertz CT molecular complexity index is 984. The van der Waals surface area contributed by atoms with Gasteiger partial charge in [-0.15, -0.1) is 0 Å². The van der Waals surface area contributed by atoms with Crippen LogP contribution in [0.25, 0.3) is 0 Å². The number of ether oxygens (including phenoxy) is 2. The first kappa shape index (κ1) is 22.3. The lowest BCUT2D eigenvalue weighted by Crippen LogP contribution is -2.51. The molecule has 0 atom stereocenters. The fourth-order valence-corrected chi connectivity index (χ4v) is 3.43. The van der Waals surface area contributed by atoms with Crippen molar-refractivity contribution in [2.24, 2.45) is 0 Å². The van der Waals surface area contributed by atoms with Crippen molar-refractivity contribution in [1.82, 2.24) is 0 Å². The molecule has 0 aromatic heterocycles. The summed E-state index contributed by atoms with van der Waals surface area (Å²) in [4.78, 5) is 40.6. The number of benzene rings is 2. The van der Waals surface area contributed by atoms with Crippen molar-refractivity contribution in [3.63, 3.8) is 0 Å². The highest BCUT2D eigenvalue weighted by Gasteiger charge is 2.34. The Hall–Kier alpha value is -3.35. The van der Waals surface area contributed by atoms with Crippen molar-refractivity contribution < 1.29 is 23.9 Å². The Balaban J connectivity index is 1.83. The van der Waals surface area contributed by atoms with Crippen LogP contribution in [0.5, 0.6) is 5.75 Å². The minimum Gasteiger partial charge on any atom is -0.484 e. The molecule has 1 heterocycles. The molecule has 0 spiro atoms. The standard InChI is InChI=1S/C24H28N2O5/c1-5-18-7-9-19(10-8-18)31-15-23(28)25-13-22(27)26(14-24(29)30-6-2)21-12-17(4)16(3)11-20(21)25/h7-12H,5-6,13-15H2,1-4H3. The van der Waals surface area contributed by atoms with E-state index in [0.29, 0.717) is 17.1 Å². The van der Waals surface area contributed by atoms with Gasteiger partial charge in [0.05, 0.1) is 18.0 Å². The van der Waals surface area contributed by atoms with E-state index >= 15 is 0 Å². The minimum atomic E-state index is -0.487. The van der Waals surface area contributed by atoms with Gasteiger partial charge in [-0.25, -0.2) is 0 Å². The van der Waals surface area contributed by atoms with E-state index in [9.17, 15) is 14.4 Å². The van der Waals surface area contributed by atoms with Gasteiger partial charge in [0.25, 0.3) is 5.91 Å². The summed E-state index contributed by atoms with van der Waals surface area (Å²) in [6.45, 7) is 7.34. The molecule has 1 aliphatic heterocycles. The lowest BCUT2D eigenvalue weighted by molar-refractivity contribution is -0.142. The summed E-state index contributed by atoms with van der Waals surface area (Å²) >= 11 is 0. The summed E-state index contributed by atoms with van der Waals surface area (Å²) in [5.74, 6) is -0.561. The second-order valence-electron chi connectivity index (χ2n) is 7.48. The quantitative estimate of drug-likeness (QED) is 0.638. The van der Waals surface area contributed by atoms with E-state index in [1.54, 1.807) is 6.92 Å². The predicted octanol–water partition coefficient (Wildman–Crippen LogP) is 3.19. The molecule has 2 amide bonds. The van der Waals surface area contributed by atoms with Crippen LogP contribution in [0.2, 0.25) is 0 Å². The second kappa shape index (κ2) is 9.64. The molecule has 0 unspecified atom stereocenters. The van der Waals surface area contributed by atoms with Gasteiger partial charge in [-0.3, -0.25) is 24.2 Å². The molecule has 0 saturated carbocycles. The molecule has 31 heavy (non-hydrogen) atoms. The maximum atomic E-state index is 13.0. The molecule has 0 radical (unpaired) electrons. The second-order valence-corrected chi connectivity index (χ2v) is 7.48. The summed E-state index contributed by atoms with van der Waals surface area (Å²) in [5, 5.41) is 0. The zero-order valence-electron chi connectivity index (χ0n) is 18.4. The highest BCUT2D eigenvalue weighted by molar-refractivity contribution is 6.13. The first-order chi connectivity index (χ1) is 14.8. The number of carbonyl (C=O) groups is 3. The van der Waals surface area contributed by atoms with Gasteiger partial charge in [0, 0.05) is 0 Å². The van der Waals surface area contributed by atoms with E-state index in [-0.39, 0.29) is 38.1 Å². The molecular formula is C24H28N2O5. The topological polar surface area (TPSA) is 76.2 Å². The van der Waals surface area contributed by atoms with Gasteiger partial charge in [-0.2, -0.15) is 0 Å². The SMILES string of the molecule is CCOC(=O)CN1C(=O)CN(C(=O)COc2ccc(CC)cc2)c2cc(C)c(C)cc21. The van der Waals surface area contributed by atoms with Crippen LogP contribution >= 0.6 is 0 Å². The Morgan fingerprint density at radius 1 is 1.00 bits per heavy atom. The van der Waals surface area contributed by atoms with E-state index in [1.807, 2.05) is 50.2 Å². The molecule has 0 saturated heterocycles. The van der Waals surface area contributed by atoms with Crippen LogP contribution in [0.15, 0.2) is 36.4 Å². The molecule has 164 valence electrons. The van der Waals surface area contributed by atoms with Gasteiger partial charge in [0.2, 0.25) is 5.91 Å². The zero-order chi connectivity index (χ0) is 22.5. The zero-order valence-corrected chi connectivity index (χ0v) is 18.4. The van der Waals surface area contributed by atoms with Crippen LogP contribution in [0.1, 0.15) is 30.5 Å². The molecule has 2 aromatic carbocycles. The highest BCUT2D eigenvalue weighted by atomic mass is 16.5. The maximum Gasteiger partial charge on any atom is 0.326 e. The normalized spacial score (nSPS) is 13.1. The van der Waals surface area contributed by atoms with Gasteiger partial charge < -0.3 is 9.47 Å². The molecule has 2 aromatic rings. The van der Waals surface area contributed by atoms with Gasteiger partial charge in [-0.05, 0) is 68.1 Å². The average molecular weight is 424 g/mol. The van der Waals surface area contributed by atoms with Crippen LogP contribution in [0.3, 0.4) is 0 Å². The molecular weight excluding hydrogens is 396 g/mol. The lowest BCUT2D eigenvalue weighted by atomic mass is 10.0. The minimum absolute atomic E-state index is 0.161. The van der Waals surface area contributed by atoms with Gasteiger partial charge in [0.15, 0.2) is 6.61 Å². The van der Waals surface area contributed by atoms with Gasteiger partial charge >= 0.3 is 5.97 Å². The monoisotopic (exact) mass is 424 g/mol. The van der Waals surface area contributed by atoms with E-state index in [2.05, 4.69) is 6.92 Å². The number of hydrogen-bond donors (Lipinski definition) is 0. The van der Waals surface area contributed by atoms with Crippen molar-refractivity contribution in [2.75, 3.05) is 36.1 Å². The van der Waals surface area contributed by atoms with Crippen molar-refractivity contribution in [3.05, 3.63) is 53.1 Å². The first-order valence-electron chi connectivity index (χ1n) is 10.4. The molecule has 7 heteroatoms. The highest BCUT2D eigenvalue weighted by Crippen LogP contribution is 2.36. The predicted molar refractivity (Wildman–Crippen MR) is 119 cm³/mol. The molecule has 0 N–H and O–H groups in total. The van der Waals surface area contributed by atoms with Crippen LogP contribution in [-0.2, 0) is 25.5 Å².